The van der Waals surface area contributed by atoms with Gasteiger partial charge in [0.15, 0.2) is 0 Å². The van der Waals surface area contributed by atoms with Gasteiger partial charge in [0.25, 0.3) is 5.56 Å². The third-order valence-electron chi connectivity index (χ3n) is 2.29. The molecule has 0 aliphatic carbocycles. The third-order valence-corrected chi connectivity index (χ3v) is 2.72. The van der Waals surface area contributed by atoms with E-state index in [-0.39, 0.29) is 5.56 Å². The number of pyridine rings is 2. The molecular weight excluding hydrogens is 298 g/mol. The van der Waals surface area contributed by atoms with Crippen molar-refractivity contribution in [1.82, 2.24) is 9.55 Å². The largest absolute Gasteiger partial charge is 0.490 e. The minimum atomic E-state index is -0.0971. The molecule has 0 unspecified atom stereocenters. The number of halogens is 1. The minimum absolute atomic E-state index is 0.0971. The van der Waals surface area contributed by atoms with E-state index in [2.05, 4.69) is 20.9 Å². The first-order chi connectivity index (χ1) is 8.65. The van der Waals surface area contributed by atoms with E-state index < -0.39 is 0 Å². The second-order valence-corrected chi connectivity index (χ2v) is 4.60. The molecule has 0 spiro atoms. The highest BCUT2D eigenvalue weighted by atomic mass is 79.9. The fourth-order valence-electron chi connectivity index (χ4n) is 1.46. The molecule has 2 aromatic heterocycles. The Balaban J connectivity index is 1.96. The van der Waals surface area contributed by atoms with E-state index in [1.807, 2.05) is 6.07 Å². The Labute approximate surface area is 112 Å². The van der Waals surface area contributed by atoms with Crippen molar-refractivity contribution in [3.05, 3.63) is 51.6 Å². The summed E-state index contributed by atoms with van der Waals surface area (Å²) in [4.78, 5) is 15.5. The molecule has 0 aliphatic heterocycles. The number of aromatic nitrogens is 2. The van der Waals surface area contributed by atoms with Crippen molar-refractivity contribution < 1.29 is 4.74 Å². The summed E-state index contributed by atoms with van der Waals surface area (Å²) in [7, 11) is 0. The molecule has 18 heavy (non-hydrogen) atoms. The Morgan fingerprint density at radius 1 is 1.39 bits per heavy atom. The standard InChI is InChI=1S/C12H12BrN3O2/c13-9-5-11(7-15-6-9)18-4-3-16-8-10(14)1-2-12(16)17/h1-2,5-8H,3-4,14H2. The Morgan fingerprint density at radius 3 is 3.00 bits per heavy atom. The van der Waals surface area contributed by atoms with E-state index >= 15 is 0 Å². The number of nitrogens with two attached hydrogens (primary N) is 1. The molecule has 2 N–H and O–H groups in total. The van der Waals surface area contributed by atoms with Gasteiger partial charge < -0.3 is 15.0 Å². The molecule has 0 amide bonds. The number of nitrogens with zero attached hydrogens (tertiary/aromatic N) is 2. The van der Waals surface area contributed by atoms with Gasteiger partial charge in [0.1, 0.15) is 12.4 Å². The van der Waals surface area contributed by atoms with Gasteiger partial charge in [0.2, 0.25) is 0 Å². The lowest BCUT2D eigenvalue weighted by Gasteiger charge is -2.08. The van der Waals surface area contributed by atoms with Gasteiger partial charge in [-0.15, -0.1) is 0 Å². The van der Waals surface area contributed by atoms with Crippen LogP contribution in [0.15, 0.2) is 46.1 Å². The van der Waals surface area contributed by atoms with Gasteiger partial charge in [-0.25, -0.2) is 0 Å². The normalized spacial score (nSPS) is 10.3. The Bertz CT molecular complexity index is 598. The van der Waals surface area contributed by atoms with E-state index in [1.165, 1.54) is 10.6 Å². The molecule has 0 aromatic carbocycles. The first-order valence-electron chi connectivity index (χ1n) is 5.34. The zero-order valence-electron chi connectivity index (χ0n) is 9.54. The van der Waals surface area contributed by atoms with Crippen molar-refractivity contribution >= 4 is 21.6 Å². The molecule has 0 fully saturated rings. The van der Waals surface area contributed by atoms with Crippen molar-refractivity contribution in [3.8, 4) is 5.75 Å². The van der Waals surface area contributed by atoms with Crippen LogP contribution in [0.1, 0.15) is 0 Å². The smallest absolute Gasteiger partial charge is 0.250 e. The Hall–Kier alpha value is -1.82. The van der Waals surface area contributed by atoms with Crippen LogP contribution < -0.4 is 16.0 Å². The lowest BCUT2D eigenvalue weighted by molar-refractivity contribution is 0.295. The van der Waals surface area contributed by atoms with Gasteiger partial charge in [-0.3, -0.25) is 9.78 Å². The molecule has 6 heteroatoms. The van der Waals surface area contributed by atoms with Crippen molar-refractivity contribution in [2.24, 2.45) is 0 Å². The van der Waals surface area contributed by atoms with E-state index in [1.54, 1.807) is 24.7 Å². The maximum atomic E-state index is 11.5. The lowest BCUT2D eigenvalue weighted by Crippen LogP contribution is -2.22. The fraction of sp³-hybridized carbons (Fsp3) is 0.167. The second-order valence-electron chi connectivity index (χ2n) is 3.68. The number of ether oxygens (including phenoxy) is 1. The number of hydrogen-bond donors (Lipinski definition) is 1. The maximum Gasteiger partial charge on any atom is 0.250 e. The van der Waals surface area contributed by atoms with Crippen LogP contribution in [0.5, 0.6) is 5.75 Å². The molecule has 0 bridgehead atoms. The molecule has 2 rings (SSSR count). The number of rotatable bonds is 4. The van der Waals surface area contributed by atoms with Crippen LogP contribution in [0, 0.1) is 0 Å². The van der Waals surface area contributed by atoms with Crippen LogP contribution in [0.25, 0.3) is 0 Å². The molecule has 0 saturated heterocycles. The lowest BCUT2D eigenvalue weighted by atomic mass is 10.4. The van der Waals surface area contributed by atoms with Crippen LogP contribution >= 0.6 is 15.9 Å². The van der Waals surface area contributed by atoms with E-state index in [9.17, 15) is 4.79 Å². The molecular formula is C12H12BrN3O2. The molecule has 2 aromatic rings. The molecule has 0 aliphatic rings. The monoisotopic (exact) mass is 309 g/mol. The van der Waals surface area contributed by atoms with E-state index in [4.69, 9.17) is 10.5 Å². The molecule has 5 nitrogen and oxygen atoms in total. The fourth-order valence-corrected chi connectivity index (χ4v) is 1.80. The zero-order valence-corrected chi connectivity index (χ0v) is 11.1. The van der Waals surface area contributed by atoms with Crippen LogP contribution in [0.4, 0.5) is 5.69 Å². The Morgan fingerprint density at radius 2 is 2.22 bits per heavy atom. The van der Waals surface area contributed by atoms with Gasteiger partial charge >= 0.3 is 0 Å². The SMILES string of the molecule is Nc1ccc(=O)n(CCOc2cncc(Br)c2)c1. The summed E-state index contributed by atoms with van der Waals surface area (Å²) in [5.74, 6) is 0.654. The summed E-state index contributed by atoms with van der Waals surface area (Å²) in [6.45, 7) is 0.817. The van der Waals surface area contributed by atoms with Crippen LogP contribution in [0.2, 0.25) is 0 Å². The van der Waals surface area contributed by atoms with Gasteiger partial charge in [-0.05, 0) is 28.1 Å². The first-order valence-corrected chi connectivity index (χ1v) is 6.14. The summed E-state index contributed by atoms with van der Waals surface area (Å²) in [6.07, 6.45) is 4.90. The van der Waals surface area contributed by atoms with Crippen LogP contribution in [-0.2, 0) is 6.54 Å². The van der Waals surface area contributed by atoms with Crippen molar-refractivity contribution in [2.45, 2.75) is 6.54 Å². The van der Waals surface area contributed by atoms with Crippen LogP contribution in [-0.4, -0.2) is 16.2 Å². The highest BCUT2D eigenvalue weighted by Gasteiger charge is 1.99. The zero-order chi connectivity index (χ0) is 13.0. The molecule has 0 radical (unpaired) electrons. The van der Waals surface area contributed by atoms with Crippen molar-refractivity contribution in [2.75, 3.05) is 12.3 Å². The Kier molecular flexibility index (Phi) is 3.99. The number of nitrogen functional groups attached to an aromatic ring is 1. The summed E-state index contributed by atoms with van der Waals surface area (Å²) >= 11 is 3.31. The van der Waals surface area contributed by atoms with Crippen LogP contribution in [0.3, 0.4) is 0 Å². The molecule has 2 heterocycles. The molecule has 0 atom stereocenters. The topological polar surface area (TPSA) is 70.1 Å². The summed E-state index contributed by atoms with van der Waals surface area (Å²) in [5, 5.41) is 0. The van der Waals surface area contributed by atoms with E-state index in [0.29, 0.717) is 24.6 Å². The first kappa shape index (κ1) is 12.6. The van der Waals surface area contributed by atoms with E-state index in [0.717, 1.165) is 4.47 Å². The quantitative estimate of drug-likeness (QED) is 0.932. The highest BCUT2D eigenvalue weighted by Crippen LogP contribution is 2.15. The number of anilines is 1. The predicted octanol–water partition coefficient (Wildman–Crippen LogP) is 1.67. The minimum Gasteiger partial charge on any atom is -0.490 e. The summed E-state index contributed by atoms with van der Waals surface area (Å²) in [5.41, 5.74) is 6.07. The maximum absolute atomic E-state index is 11.5. The third kappa shape index (κ3) is 3.33. The predicted molar refractivity (Wildman–Crippen MR) is 72.5 cm³/mol. The summed E-state index contributed by atoms with van der Waals surface area (Å²) < 4.78 is 7.86. The average Bonchev–Trinajstić information content (AvgIpc) is 2.34. The second kappa shape index (κ2) is 5.68. The number of hydrogen-bond acceptors (Lipinski definition) is 4. The molecule has 0 saturated carbocycles. The highest BCUT2D eigenvalue weighted by molar-refractivity contribution is 9.10. The van der Waals surface area contributed by atoms with Crippen molar-refractivity contribution in [1.29, 1.82) is 0 Å². The average molecular weight is 310 g/mol. The van der Waals surface area contributed by atoms with Gasteiger partial charge in [-0.1, -0.05) is 0 Å². The van der Waals surface area contributed by atoms with Gasteiger partial charge in [0.05, 0.1) is 12.7 Å². The summed E-state index contributed by atoms with van der Waals surface area (Å²) in [6, 6.07) is 4.84. The van der Waals surface area contributed by atoms with Gasteiger partial charge in [0, 0.05) is 28.6 Å². The molecule has 94 valence electrons. The van der Waals surface area contributed by atoms with Crippen molar-refractivity contribution in [3.63, 3.8) is 0 Å². The van der Waals surface area contributed by atoms with Gasteiger partial charge in [-0.2, -0.15) is 0 Å².